The topological polar surface area (TPSA) is 81.3 Å². The molecule has 1 heterocycles. The van der Waals surface area contributed by atoms with Crippen molar-refractivity contribution in [1.29, 1.82) is 0 Å². The van der Waals surface area contributed by atoms with Crippen molar-refractivity contribution in [3.63, 3.8) is 0 Å². The van der Waals surface area contributed by atoms with Crippen LogP contribution in [0, 0.1) is 0 Å². The van der Waals surface area contributed by atoms with Crippen LogP contribution in [0.15, 0.2) is 35.5 Å². The van der Waals surface area contributed by atoms with E-state index in [4.69, 9.17) is 0 Å². The first kappa shape index (κ1) is 16.4. The fourth-order valence-corrected chi connectivity index (χ4v) is 2.65. The number of H-pyrrole nitrogens is 1. The lowest BCUT2D eigenvalue weighted by Gasteiger charge is -2.11. The summed E-state index contributed by atoms with van der Waals surface area (Å²) in [5.41, 5.74) is 2.44. The molecule has 0 radical (unpaired) electrons. The van der Waals surface area contributed by atoms with Gasteiger partial charge in [0.15, 0.2) is 5.96 Å². The van der Waals surface area contributed by atoms with Crippen molar-refractivity contribution in [2.45, 2.75) is 32.2 Å². The summed E-state index contributed by atoms with van der Waals surface area (Å²) in [5, 5.41) is 10.7. The summed E-state index contributed by atoms with van der Waals surface area (Å²) in [6.45, 7) is 3.71. The molecule has 24 heavy (non-hydrogen) atoms. The molecule has 6 nitrogen and oxygen atoms in total. The molecule has 1 aromatic carbocycles. The lowest BCUT2D eigenvalue weighted by Crippen LogP contribution is -2.39. The van der Waals surface area contributed by atoms with Crippen molar-refractivity contribution in [2.75, 3.05) is 19.6 Å². The Hall–Kier alpha value is -2.50. The van der Waals surface area contributed by atoms with Gasteiger partial charge >= 0.3 is 0 Å². The van der Waals surface area contributed by atoms with E-state index in [1.807, 2.05) is 13.0 Å². The largest absolute Gasteiger partial charge is 0.361 e. The van der Waals surface area contributed by atoms with Gasteiger partial charge in [0, 0.05) is 36.2 Å². The Morgan fingerprint density at radius 1 is 1.29 bits per heavy atom. The molecule has 1 aromatic heterocycles. The van der Waals surface area contributed by atoms with Crippen molar-refractivity contribution in [3.8, 4) is 0 Å². The van der Waals surface area contributed by atoms with E-state index >= 15 is 0 Å². The number of hydrogen-bond donors (Lipinski definition) is 4. The number of nitrogens with zero attached hydrogens (tertiary/aromatic N) is 1. The van der Waals surface area contributed by atoms with Crippen molar-refractivity contribution >= 4 is 22.8 Å². The monoisotopic (exact) mass is 327 g/mol. The first-order valence-electron chi connectivity index (χ1n) is 8.63. The maximum atomic E-state index is 11.7. The summed E-state index contributed by atoms with van der Waals surface area (Å²) in [6.07, 6.45) is 5.14. The quantitative estimate of drug-likeness (QED) is 0.460. The molecule has 2 aromatic rings. The van der Waals surface area contributed by atoms with E-state index in [1.54, 1.807) is 0 Å². The Bertz CT molecular complexity index is 717. The summed E-state index contributed by atoms with van der Waals surface area (Å²) < 4.78 is 0. The second-order valence-corrected chi connectivity index (χ2v) is 6.07. The molecular weight excluding hydrogens is 302 g/mol. The first-order chi connectivity index (χ1) is 11.8. The Balaban J connectivity index is 1.50. The summed E-state index contributed by atoms with van der Waals surface area (Å²) in [6, 6.07) is 8.67. The van der Waals surface area contributed by atoms with E-state index in [-0.39, 0.29) is 12.5 Å². The number of aromatic amines is 1. The predicted octanol–water partition coefficient (Wildman–Crippen LogP) is 1.54. The van der Waals surface area contributed by atoms with E-state index in [0.29, 0.717) is 12.0 Å². The molecule has 0 bridgehead atoms. The van der Waals surface area contributed by atoms with Gasteiger partial charge in [-0.2, -0.15) is 0 Å². The number of carbonyl (C=O) groups excluding carboxylic acids is 1. The third-order valence-corrected chi connectivity index (χ3v) is 4.03. The zero-order chi connectivity index (χ0) is 16.8. The standard InChI is InChI=1S/C18H25N5O/c1-2-19-18(22-12-17(24)23-14-7-8-14)20-10-9-13-11-21-16-6-4-3-5-15(13)16/h3-6,11,14,21H,2,7-10,12H2,1H3,(H,23,24)(H2,19,20,22). The average molecular weight is 327 g/mol. The van der Waals surface area contributed by atoms with Gasteiger partial charge in [0.25, 0.3) is 0 Å². The molecule has 0 saturated heterocycles. The van der Waals surface area contributed by atoms with Crippen LogP contribution in [0.4, 0.5) is 0 Å². The molecule has 3 rings (SSSR count). The Morgan fingerprint density at radius 3 is 2.92 bits per heavy atom. The van der Waals surface area contributed by atoms with E-state index in [0.717, 1.165) is 37.9 Å². The van der Waals surface area contributed by atoms with Crippen LogP contribution in [0.5, 0.6) is 0 Å². The van der Waals surface area contributed by atoms with E-state index in [9.17, 15) is 4.79 Å². The number of nitrogens with one attached hydrogen (secondary N) is 4. The molecule has 1 amide bonds. The molecule has 1 aliphatic rings. The molecule has 4 N–H and O–H groups in total. The van der Waals surface area contributed by atoms with Gasteiger partial charge in [0.2, 0.25) is 5.91 Å². The van der Waals surface area contributed by atoms with Crippen LogP contribution in [0.2, 0.25) is 0 Å². The number of hydrogen-bond acceptors (Lipinski definition) is 2. The van der Waals surface area contributed by atoms with Gasteiger partial charge in [0.05, 0.1) is 0 Å². The summed E-state index contributed by atoms with van der Waals surface area (Å²) in [4.78, 5) is 19.4. The Labute approximate surface area is 142 Å². The maximum Gasteiger partial charge on any atom is 0.242 e. The zero-order valence-corrected chi connectivity index (χ0v) is 14.1. The van der Waals surface area contributed by atoms with Crippen LogP contribution in [0.1, 0.15) is 25.3 Å². The number of benzene rings is 1. The van der Waals surface area contributed by atoms with Gasteiger partial charge in [-0.15, -0.1) is 0 Å². The highest BCUT2D eigenvalue weighted by Crippen LogP contribution is 2.18. The number of para-hydroxylation sites is 1. The molecule has 6 heteroatoms. The predicted molar refractivity (Wildman–Crippen MR) is 97.1 cm³/mol. The van der Waals surface area contributed by atoms with Gasteiger partial charge in [-0.05, 0) is 37.8 Å². The molecule has 0 atom stereocenters. The number of rotatable bonds is 7. The number of aromatic nitrogens is 1. The molecule has 0 unspecified atom stereocenters. The second-order valence-electron chi connectivity index (χ2n) is 6.07. The smallest absolute Gasteiger partial charge is 0.242 e. The number of carbonyl (C=O) groups is 1. The van der Waals surface area contributed by atoms with Crippen LogP contribution in [-0.4, -0.2) is 42.5 Å². The zero-order valence-electron chi connectivity index (χ0n) is 14.1. The van der Waals surface area contributed by atoms with Gasteiger partial charge in [-0.25, -0.2) is 4.99 Å². The second kappa shape index (κ2) is 7.86. The summed E-state index contributed by atoms with van der Waals surface area (Å²) in [7, 11) is 0. The van der Waals surface area contributed by atoms with Crippen LogP contribution in [-0.2, 0) is 11.2 Å². The SMILES string of the molecule is CCNC(=NCC(=O)NC1CC1)NCCc1c[nH]c2ccccc12. The van der Waals surface area contributed by atoms with Gasteiger partial charge in [0.1, 0.15) is 6.54 Å². The van der Waals surface area contributed by atoms with Crippen molar-refractivity contribution in [1.82, 2.24) is 20.9 Å². The maximum absolute atomic E-state index is 11.7. The van der Waals surface area contributed by atoms with Crippen molar-refractivity contribution in [3.05, 3.63) is 36.0 Å². The van der Waals surface area contributed by atoms with E-state index in [1.165, 1.54) is 10.9 Å². The molecule has 0 aliphatic heterocycles. The fourth-order valence-electron chi connectivity index (χ4n) is 2.65. The minimum absolute atomic E-state index is 0.00803. The van der Waals surface area contributed by atoms with Crippen molar-refractivity contribution in [2.24, 2.45) is 4.99 Å². The van der Waals surface area contributed by atoms with E-state index < -0.39 is 0 Å². The first-order valence-corrected chi connectivity index (χ1v) is 8.63. The minimum atomic E-state index is -0.00803. The fraction of sp³-hybridized carbons (Fsp3) is 0.444. The van der Waals surface area contributed by atoms with Gasteiger partial charge < -0.3 is 20.9 Å². The third kappa shape index (κ3) is 4.50. The molecule has 1 fully saturated rings. The summed E-state index contributed by atoms with van der Waals surface area (Å²) >= 11 is 0. The molecule has 1 saturated carbocycles. The molecule has 0 spiro atoms. The molecule has 128 valence electrons. The number of aliphatic imine (C=N–C) groups is 1. The normalized spacial score (nSPS) is 14.6. The highest BCUT2D eigenvalue weighted by atomic mass is 16.2. The van der Waals surface area contributed by atoms with Gasteiger partial charge in [-0.3, -0.25) is 4.79 Å². The lowest BCUT2D eigenvalue weighted by atomic mass is 10.1. The van der Waals surface area contributed by atoms with Gasteiger partial charge in [-0.1, -0.05) is 18.2 Å². The molecular formula is C18H25N5O. The van der Waals surface area contributed by atoms with Crippen molar-refractivity contribution < 1.29 is 4.79 Å². The highest BCUT2D eigenvalue weighted by molar-refractivity contribution is 5.85. The van der Waals surface area contributed by atoms with E-state index in [2.05, 4.69) is 50.3 Å². The Morgan fingerprint density at radius 2 is 2.12 bits per heavy atom. The van der Waals surface area contributed by atoms with Crippen LogP contribution in [0.25, 0.3) is 10.9 Å². The van der Waals surface area contributed by atoms with Crippen LogP contribution in [0.3, 0.4) is 0 Å². The molecule has 1 aliphatic carbocycles. The van der Waals surface area contributed by atoms with Crippen LogP contribution >= 0.6 is 0 Å². The summed E-state index contributed by atoms with van der Waals surface area (Å²) in [5.74, 6) is 0.676. The number of amides is 1. The van der Waals surface area contributed by atoms with Crippen LogP contribution < -0.4 is 16.0 Å². The third-order valence-electron chi connectivity index (χ3n) is 4.03. The lowest BCUT2D eigenvalue weighted by molar-refractivity contribution is -0.119. The Kier molecular flexibility index (Phi) is 5.36. The number of guanidine groups is 1. The minimum Gasteiger partial charge on any atom is -0.361 e. The highest BCUT2D eigenvalue weighted by Gasteiger charge is 2.22. The average Bonchev–Trinajstić information content (AvgIpc) is 3.31. The number of fused-ring (bicyclic) bond motifs is 1.